The number of hydrogen-bond donors (Lipinski definition) is 2. The van der Waals surface area contributed by atoms with E-state index in [-0.39, 0.29) is 22.3 Å². The number of aromatic hydroxyl groups is 2. The number of rotatable bonds is 10. The van der Waals surface area contributed by atoms with Gasteiger partial charge in [-0.1, -0.05) is 76.2 Å². The molecule has 5 rings (SSSR count). The zero-order valence-electron chi connectivity index (χ0n) is 28.4. The van der Waals surface area contributed by atoms with Gasteiger partial charge in [0.15, 0.2) is 0 Å². The highest BCUT2D eigenvalue weighted by atomic mass is 16.5. The molecule has 0 spiro atoms. The molecule has 5 aromatic rings. The molecular weight excluding hydrogens is 568 g/mol. The van der Waals surface area contributed by atoms with Gasteiger partial charge in [0.05, 0.1) is 0 Å². The van der Waals surface area contributed by atoms with Gasteiger partial charge < -0.3 is 19.7 Å². The summed E-state index contributed by atoms with van der Waals surface area (Å²) in [4.78, 5) is 0. The Balaban J connectivity index is 1.25. The molecule has 0 radical (unpaired) electrons. The van der Waals surface area contributed by atoms with Crippen LogP contribution in [0.2, 0.25) is 0 Å². The van der Waals surface area contributed by atoms with Gasteiger partial charge in [-0.3, -0.25) is 0 Å². The van der Waals surface area contributed by atoms with E-state index >= 15 is 0 Å². The zero-order valence-corrected chi connectivity index (χ0v) is 28.4. The van der Waals surface area contributed by atoms with E-state index in [9.17, 15) is 10.2 Å². The number of ether oxygens (including phenoxy) is 2. The van der Waals surface area contributed by atoms with E-state index in [0.29, 0.717) is 13.2 Å². The van der Waals surface area contributed by atoms with Crippen LogP contribution in [-0.2, 0) is 24.0 Å². The minimum absolute atomic E-state index is 0.196. The van der Waals surface area contributed by atoms with Crippen LogP contribution in [0.5, 0.6) is 23.0 Å². The van der Waals surface area contributed by atoms with Gasteiger partial charge in [0.2, 0.25) is 0 Å². The van der Waals surface area contributed by atoms with Crippen LogP contribution in [-0.4, -0.2) is 10.2 Å². The summed E-state index contributed by atoms with van der Waals surface area (Å²) >= 11 is 0. The van der Waals surface area contributed by atoms with Crippen LogP contribution in [0.15, 0.2) is 97.1 Å². The van der Waals surface area contributed by atoms with Crippen LogP contribution in [0.4, 0.5) is 0 Å². The molecule has 0 aliphatic rings. The van der Waals surface area contributed by atoms with Crippen molar-refractivity contribution >= 4 is 0 Å². The molecule has 0 saturated carbocycles. The molecule has 238 valence electrons. The van der Waals surface area contributed by atoms with Gasteiger partial charge in [-0.15, -0.1) is 0 Å². The molecule has 0 aliphatic heterocycles. The van der Waals surface area contributed by atoms with Crippen molar-refractivity contribution < 1.29 is 19.7 Å². The van der Waals surface area contributed by atoms with Crippen molar-refractivity contribution in [2.24, 2.45) is 0 Å². The Bertz CT molecular complexity index is 1630. The normalized spacial score (nSPS) is 11.8. The first-order chi connectivity index (χ1) is 21.8. The Hall–Kier alpha value is -4.70. The molecule has 0 atom stereocenters. The molecule has 0 unspecified atom stereocenters. The minimum Gasteiger partial charge on any atom is -0.508 e. The Morgan fingerprint density at radius 3 is 0.913 bits per heavy atom. The second kappa shape index (κ2) is 13.0. The Morgan fingerprint density at radius 1 is 0.413 bits per heavy atom. The first kappa shape index (κ1) is 32.7. The molecule has 2 N–H and O–H groups in total. The lowest BCUT2D eigenvalue weighted by molar-refractivity contribution is 0.299. The molecule has 5 aromatic carbocycles. The predicted molar refractivity (Wildman–Crippen MR) is 187 cm³/mol. The maximum atomic E-state index is 9.68. The third-order valence-corrected chi connectivity index (χ3v) is 10.0. The lowest BCUT2D eigenvalue weighted by Gasteiger charge is -2.26. The van der Waals surface area contributed by atoms with Crippen LogP contribution in [0, 0.1) is 27.7 Å². The SMILES string of the molecule is Cc1c(C)c(COc2ccc(C(C)(C)c3ccc(O)cc3)cc2)c(C)c(C)c1COc1ccc(C(C)(C)c2ccc(O)cc2)cc1. The van der Waals surface area contributed by atoms with Crippen molar-refractivity contribution in [1.82, 2.24) is 0 Å². The van der Waals surface area contributed by atoms with Gasteiger partial charge in [0.25, 0.3) is 0 Å². The van der Waals surface area contributed by atoms with Gasteiger partial charge >= 0.3 is 0 Å². The molecular formula is C42H46O4. The largest absolute Gasteiger partial charge is 0.508 e. The van der Waals surface area contributed by atoms with Crippen molar-refractivity contribution in [3.05, 3.63) is 153 Å². The van der Waals surface area contributed by atoms with Crippen molar-refractivity contribution in [3.63, 3.8) is 0 Å². The summed E-state index contributed by atoms with van der Waals surface area (Å²) in [5.74, 6) is 2.22. The van der Waals surface area contributed by atoms with E-state index in [1.54, 1.807) is 24.3 Å². The molecule has 0 aromatic heterocycles. The number of hydrogen-bond acceptors (Lipinski definition) is 4. The van der Waals surface area contributed by atoms with E-state index in [2.05, 4.69) is 79.7 Å². The summed E-state index contributed by atoms with van der Waals surface area (Å²) in [6.45, 7) is 18.4. The second-order valence-electron chi connectivity index (χ2n) is 13.4. The topological polar surface area (TPSA) is 58.9 Å². The highest BCUT2D eigenvalue weighted by Crippen LogP contribution is 2.35. The first-order valence-corrected chi connectivity index (χ1v) is 15.9. The van der Waals surface area contributed by atoms with Crippen LogP contribution >= 0.6 is 0 Å². The summed E-state index contributed by atoms with van der Waals surface area (Å²) in [6.07, 6.45) is 0. The monoisotopic (exact) mass is 614 g/mol. The minimum atomic E-state index is -0.196. The third-order valence-electron chi connectivity index (χ3n) is 10.0. The summed E-state index contributed by atoms with van der Waals surface area (Å²) in [5.41, 5.74) is 11.6. The van der Waals surface area contributed by atoms with Gasteiger partial charge in [-0.05, 0) is 132 Å². The summed E-state index contributed by atoms with van der Waals surface area (Å²) in [5, 5.41) is 19.4. The van der Waals surface area contributed by atoms with E-state index in [1.807, 2.05) is 48.5 Å². The van der Waals surface area contributed by atoms with E-state index in [1.165, 1.54) is 44.5 Å². The van der Waals surface area contributed by atoms with Crippen LogP contribution in [0.25, 0.3) is 0 Å². The van der Waals surface area contributed by atoms with Gasteiger partial charge in [-0.25, -0.2) is 0 Å². The molecule has 4 heteroatoms. The highest BCUT2D eigenvalue weighted by Gasteiger charge is 2.24. The lowest BCUT2D eigenvalue weighted by Crippen LogP contribution is -2.18. The van der Waals surface area contributed by atoms with Crippen molar-refractivity contribution in [2.75, 3.05) is 0 Å². The van der Waals surface area contributed by atoms with E-state index in [0.717, 1.165) is 22.6 Å². The van der Waals surface area contributed by atoms with Crippen molar-refractivity contribution in [3.8, 4) is 23.0 Å². The van der Waals surface area contributed by atoms with Gasteiger partial charge in [0.1, 0.15) is 36.2 Å². The third kappa shape index (κ3) is 6.62. The van der Waals surface area contributed by atoms with Crippen molar-refractivity contribution in [1.29, 1.82) is 0 Å². The fraction of sp³-hybridized carbons (Fsp3) is 0.286. The van der Waals surface area contributed by atoms with Gasteiger partial charge in [0, 0.05) is 10.8 Å². The lowest BCUT2D eigenvalue weighted by atomic mass is 9.78. The Labute approximate surface area is 274 Å². The summed E-state index contributed by atoms with van der Waals surface area (Å²) in [6, 6.07) is 31.5. The predicted octanol–water partition coefficient (Wildman–Crippen LogP) is 10.1. The van der Waals surface area contributed by atoms with Crippen LogP contribution in [0.1, 0.15) is 83.3 Å². The fourth-order valence-electron chi connectivity index (χ4n) is 6.24. The summed E-state index contributed by atoms with van der Waals surface area (Å²) < 4.78 is 12.6. The number of phenols is 2. The standard InChI is InChI=1S/C42H46O4/c1-27-28(2)40(26-46-38-23-15-34(16-24-38)42(7,8)32-11-19-36(44)20-12-32)30(4)29(3)39(27)25-45-37-21-13-33(14-22-37)41(5,6)31-9-17-35(43)18-10-31/h9-24,43-44H,25-26H2,1-8H3. The molecule has 0 bridgehead atoms. The van der Waals surface area contributed by atoms with Crippen molar-refractivity contribution in [2.45, 2.75) is 79.4 Å². The smallest absolute Gasteiger partial charge is 0.119 e. The first-order valence-electron chi connectivity index (χ1n) is 15.9. The molecule has 0 heterocycles. The number of phenolic OH excluding ortho intramolecular Hbond substituents is 2. The quantitative estimate of drug-likeness (QED) is 0.164. The average Bonchev–Trinajstić information content (AvgIpc) is 3.04. The summed E-state index contributed by atoms with van der Waals surface area (Å²) in [7, 11) is 0. The fourth-order valence-corrected chi connectivity index (χ4v) is 6.24. The van der Waals surface area contributed by atoms with E-state index < -0.39 is 0 Å². The average molecular weight is 615 g/mol. The van der Waals surface area contributed by atoms with Crippen LogP contribution in [0.3, 0.4) is 0 Å². The zero-order chi connectivity index (χ0) is 33.2. The van der Waals surface area contributed by atoms with Gasteiger partial charge in [-0.2, -0.15) is 0 Å². The molecule has 0 fully saturated rings. The maximum Gasteiger partial charge on any atom is 0.119 e. The van der Waals surface area contributed by atoms with Crippen LogP contribution < -0.4 is 9.47 Å². The Morgan fingerprint density at radius 2 is 0.652 bits per heavy atom. The number of benzene rings is 5. The van der Waals surface area contributed by atoms with E-state index in [4.69, 9.17) is 9.47 Å². The highest BCUT2D eigenvalue weighted by molar-refractivity contribution is 5.50. The molecule has 4 nitrogen and oxygen atoms in total. The Kier molecular flexibility index (Phi) is 9.21. The molecule has 46 heavy (non-hydrogen) atoms. The maximum absolute atomic E-state index is 9.68. The second-order valence-corrected chi connectivity index (χ2v) is 13.4. The molecule has 0 aliphatic carbocycles. The molecule has 0 amide bonds. The molecule has 0 saturated heterocycles.